The first-order valence-corrected chi connectivity index (χ1v) is 20.3. The first kappa shape index (κ1) is 55.5. The molecule has 1 aromatic rings. The molecule has 54 heavy (non-hydrogen) atoms. The van der Waals surface area contributed by atoms with Crippen LogP contribution in [0.1, 0.15) is 92.4 Å². The quantitative estimate of drug-likeness (QED) is 0.0484. The highest BCUT2D eigenvalue weighted by molar-refractivity contribution is 7.66. The predicted octanol–water partition coefficient (Wildman–Crippen LogP) is 2.59. The number of phosphoric ester groups is 1. The number of nitrogens with one attached hydrogen (secondary N) is 3. The first-order chi connectivity index (χ1) is 24.2. The summed E-state index contributed by atoms with van der Waals surface area (Å²) in [5, 5.41) is 15.3. The van der Waals surface area contributed by atoms with E-state index in [1.807, 2.05) is 4.98 Å². The number of aliphatic hydroxyl groups excluding tert-OH is 1. The highest BCUT2D eigenvalue weighted by atomic mass is 31.3. The number of phosphoric acid groups is 3. The SMILES string of the molecule is C.C.CCC.CCCOC.CNC(=O)CC=CCCCC(=O)NCC#Cc1cn([C@H]2C[C@@H](O)[C@@H](COP(=O)(O)OP(=O)(O)OP(=O)(O)O)O2)c(=O)[nH]c1=O. The minimum Gasteiger partial charge on any atom is -0.390 e. The summed E-state index contributed by atoms with van der Waals surface area (Å²) in [4.78, 5) is 85.5. The van der Waals surface area contributed by atoms with Gasteiger partial charge in [0.2, 0.25) is 11.8 Å². The zero-order chi connectivity index (χ0) is 40.0. The van der Waals surface area contributed by atoms with Gasteiger partial charge < -0.3 is 44.8 Å². The second kappa shape index (κ2) is 28.6. The Kier molecular flexibility index (Phi) is 29.4. The number of aromatic amines is 1. The zero-order valence-electron chi connectivity index (χ0n) is 29.5. The molecule has 314 valence electrons. The maximum absolute atomic E-state index is 12.4. The van der Waals surface area contributed by atoms with Gasteiger partial charge in [-0.25, -0.2) is 18.5 Å². The van der Waals surface area contributed by atoms with Gasteiger partial charge in [0.15, 0.2) is 0 Å². The number of rotatable bonds is 17. The van der Waals surface area contributed by atoms with E-state index in [0.717, 1.165) is 23.8 Å². The Morgan fingerprint density at radius 1 is 1.06 bits per heavy atom. The second-order valence-corrected chi connectivity index (χ2v) is 15.0. The number of amides is 2. The molecular weight excluding hydrogens is 781 g/mol. The van der Waals surface area contributed by atoms with Gasteiger partial charge in [-0.05, 0) is 19.3 Å². The summed E-state index contributed by atoms with van der Waals surface area (Å²) < 4.78 is 56.7. The van der Waals surface area contributed by atoms with E-state index in [2.05, 4.69) is 56.4 Å². The maximum Gasteiger partial charge on any atom is 0.490 e. The van der Waals surface area contributed by atoms with Crippen LogP contribution in [0.25, 0.3) is 0 Å². The lowest BCUT2D eigenvalue weighted by atomic mass is 10.2. The topological polar surface area (TPSA) is 312 Å². The zero-order valence-corrected chi connectivity index (χ0v) is 32.1. The van der Waals surface area contributed by atoms with E-state index in [0.29, 0.717) is 12.8 Å². The monoisotopic (exact) mass is 838 g/mol. The van der Waals surface area contributed by atoms with Crippen LogP contribution in [-0.4, -0.2) is 92.2 Å². The van der Waals surface area contributed by atoms with Crippen LogP contribution < -0.4 is 21.9 Å². The van der Waals surface area contributed by atoms with Crippen LogP contribution in [0.3, 0.4) is 0 Å². The minimum absolute atomic E-state index is 0. The summed E-state index contributed by atoms with van der Waals surface area (Å²) in [6.45, 7) is 6.15. The molecule has 24 heteroatoms. The van der Waals surface area contributed by atoms with Gasteiger partial charge in [0.25, 0.3) is 5.56 Å². The molecule has 0 saturated carbocycles. The third-order valence-electron chi connectivity index (χ3n) is 5.83. The Balaban J connectivity index is -0.00000236. The number of ether oxygens (including phenoxy) is 2. The van der Waals surface area contributed by atoms with Crippen LogP contribution in [-0.2, 0) is 45.9 Å². The van der Waals surface area contributed by atoms with E-state index in [1.165, 1.54) is 13.5 Å². The molecule has 5 atom stereocenters. The van der Waals surface area contributed by atoms with Crippen molar-refractivity contribution in [3.8, 4) is 11.8 Å². The molecule has 0 radical (unpaired) electrons. The lowest BCUT2D eigenvalue weighted by molar-refractivity contribution is -0.121. The molecule has 0 aliphatic carbocycles. The van der Waals surface area contributed by atoms with Gasteiger partial charge in [-0.15, -0.1) is 0 Å². The van der Waals surface area contributed by atoms with Crippen molar-refractivity contribution < 1.29 is 70.6 Å². The van der Waals surface area contributed by atoms with Crippen molar-refractivity contribution in [1.29, 1.82) is 0 Å². The molecule has 1 fully saturated rings. The molecule has 1 aromatic heterocycles. The Hall–Kier alpha value is -2.79. The molecule has 0 bridgehead atoms. The van der Waals surface area contributed by atoms with Crippen LogP contribution in [0.4, 0.5) is 0 Å². The van der Waals surface area contributed by atoms with Crippen molar-refractivity contribution in [3.05, 3.63) is 44.8 Å². The lowest BCUT2D eigenvalue weighted by Crippen LogP contribution is -2.33. The summed E-state index contributed by atoms with van der Waals surface area (Å²) in [6.07, 6.45) is 4.07. The number of allylic oxidation sites excluding steroid dienone is 1. The highest BCUT2D eigenvalue weighted by Crippen LogP contribution is 2.66. The molecule has 1 aliphatic heterocycles. The normalized spacial score (nSPS) is 18.4. The van der Waals surface area contributed by atoms with Crippen molar-refractivity contribution >= 4 is 35.3 Å². The average Bonchev–Trinajstić information content (AvgIpc) is 3.39. The van der Waals surface area contributed by atoms with E-state index in [9.17, 15) is 47.8 Å². The molecular formula is C30H57N4O17P3. The van der Waals surface area contributed by atoms with Gasteiger partial charge in [0, 0.05) is 46.2 Å². The fourth-order valence-electron chi connectivity index (χ4n) is 3.66. The van der Waals surface area contributed by atoms with Crippen molar-refractivity contribution in [2.75, 3.05) is 33.9 Å². The first-order valence-electron chi connectivity index (χ1n) is 15.8. The van der Waals surface area contributed by atoms with Gasteiger partial charge in [-0.3, -0.25) is 28.5 Å². The van der Waals surface area contributed by atoms with Gasteiger partial charge in [0.1, 0.15) is 17.9 Å². The van der Waals surface area contributed by atoms with E-state index < -0.39 is 59.8 Å². The van der Waals surface area contributed by atoms with E-state index in [-0.39, 0.29) is 58.0 Å². The van der Waals surface area contributed by atoms with Crippen LogP contribution in [0.2, 0.25) is 0 Å². The van der Waals surface area contributed by atoms with Crippen LogP contribution >= 0.6 is 23.5 Å². The number of nitrogens with zero attached hydrogens (tertiary/aromatic N) is 1. The molecule has 1 aliphatic rings. The van der Waals surface area contributed by atoms with Crippen molar-refractivity contribution in [2.24, 2.45) is 0 Å². The number of hydrogen-bond donors (Lipinski definition) is 8. The summed E-state index contributed by atoms with van der Waals surface area (Å²) in [5.74, 6) is 4.64. The summed E-state index contributed by atoms with van der Waals surface area (Å²) >= 11 is 0. The number of aromatic nitrogens is 2. The van der Waals surface area contributed by atoms with Gasteiger partial charge in [-0.1, -0.05) is 66.0 Å². The van der Waals surface area contributed by atoms with Crippen molar-refractivity contribution in [2.45, 2.75) is 99.0 Å². The molecule has 0 aromatic carbocycles. The molecule has 2 heterocycles. The predicted molar refractivity (Wildman–Crippen MR) is 199 cm³/mol. The number of methoxy groups -OCH3 is 1. The lowest BCUT2D eigenvalue weighted by Gasteiger charge is -2.19. The van der Waals surface area contributed by atoms with Crippen LogP contribution in [0.5, 0.6) is 0 Å². The molecule has 1 saturated heterocycles. The minimum atomic E-state index is -5.75. The third-order valence-corrected chi connectivity index (χ3v) is 9.63. The Bertz CT molecular complexity index is 1610. The van der Waals surface area contributed by atoms with Crippen molar-refractivity contribution in [3.63, 3.8) is 0 Å². The molecule has 2 amide bonds. The van der Waals surface area contributed by atoms with Gasteiger partial charge >= 0.3 is 29.2 Å². The molecule has 8 N–H and O–H groups in total. The van der Waals surface area contributed by atoms with E-state index >= 15 is 0 Å². The largest absolute Gasteiger partial charge is 0.490 e. The average molecular weight is 839 g/mol. The van der Waals surface area contributed by atoms with Gasteiger partial charge in [-0.2, -0.15) is 8.62 Å². The number of hydrogen-bond acceptors (Lipinski definition) is 13. The van der Waals surface area contributed by atoms with Gasteiger partial charge in [0.05, 0.1) is 19.3 Å². The smallest absolute Gasteiger partial charge is 0.390 e. The molecule has 0 spiro atoms. The van der Waals surface area contributed by atoms with Crippen LogP contribution in [0.15, 0.2) is 27.9 Å². The maximum atomic E-state index is 12.4. The summed E-state index contributed by atoms with van der Waals surface area (Å²) in [5.41, 5.74) is -2.00. The van der Waals surface area contributed by atoms with Crippen LogP contribution in [0, 0.1) is 11.8 Å². The Labute approximate surface area is 315 Å². The second-order valence-electron chi connectivity index (χ2n) is 10.5. The standard InChI is InChI=1S/C21H31N4O16P3.C4H10O.C3H8.2CH4/c1-22-17(27)8-4-2-3-5-9-18(28)23-10-6-7-14-12-25(21(30)24-20(14)29)19-11-15(26)16(39-19)13-38-43(34,35)41-44(36,37)40-42(31,32)33;1-3-4-5-2;1-3-2;;/h2,4,12,15-16,19,26H,3,5,8-11,13H2,1H3,(H,22,27)(H,23,28)(H,34,35)(H,36,37)(H,24,29,30)(H2,31,32,33);3-4H2,1-2H3;3H2,1-2H3;2*1H4/t15-,16-,19-;;;;/m1..../s1. The van der Waals surface area contributed by atoms with E-state index in [4.69, 9.17) is 19.3 Å². The number of carbonyl (C=O) groups is 2. The fourth-order valence-corrected chi connectivity index (χ4v) is 6.69. The summed E-state index contributed by atoms with van der Waals surface area (Å²) in [7, 11) is -13.6. The number of aliphatic hydroxyl groups is 1. The number of H-pyrrole nitrogens is 1. The fraction of sp³-hybridized carbons (Fsp3) is 0.667. The number of carbonyl (C=O) groups excluding carboxylic acids is 2. The third kappa shape index (κ3) is 25.3. The molecule has 2 unspecified atom stereocenters. The van der Waals surface area contributed by atoms with Crippen molar-refractivity contribution in [1.82, 2.24) is 20.2 Å². The Morgan fingerprint density at radius 3 is 2.22 bits per heavy atom. The van der Waals surface area contributed by atoms with E-state index in [1.54, 1.807) is 19.3 Å². The molecule has 21 nitrogen and oxygen atoms in total. The summed E-state index contributed by atoms with van der Waals surface area (Å²) in [6, 6.07) is 0. The highest BCUT2D eigenvalue weighted by Gasteiger charge is 2.43. The number of unbranched alkanes of at least 4 members (excludes halogenated alkanes) is 1. The Morgan fingerprint density at radius 2 is 1.69 bits per heavy atom. The molecule has 2 rings (SSSR count).